The van der Waals surface area contributed by atoms with Gasteiger partial charge in [0.25, 0.3) is 0 Å². The SMILES string of the molecule is C[Si](C)(C)C(=O)CC(=O)[Si](C)(C)C. The van der Waals surface area contributed by atoms with Crippen LogP contribution in [0, 0.1) is 0 Å². The highest BCUT2D eigenvalue weighted by atomic mass is 28.3. The topological polar surface area (TPSA) is 34.1 Å². The summed E-state index contributed by atoms with van der Waals surface area (Å²) in [6.45, 7) is 12.0. The molecule has 0 aliphatic carbocycles. The Balaban J connectivity index is 4.34. The van der Waals surface area contributed by atoms with E-state index in [9.17, 15) is 9.59 Å². The van der Waals surface area contributed by atoms with Crippen LogP contribution in [0.4, 0.5) is 0 Å². The molecule has 4 heteroatoms. The molecular weight excluding hydrogens is 196 g/mol. The Labute approximate surface area is 82.7 Å². The first-order chi connectivity index (χ1) is 5.55. The second-order valence-corrected chi connectivity index (χ2v) is 15.6. The average Bonchev–Trinajstić information content (AvgIpc) is 1.82. The van der Waals surface area contributed by atoms with Crippen molar-refractivity contribution >= 4 is 27.0 Å². The summed E-state index contributed by atoms with van der Waals surface area (Å²) >= 11 is 0. The van der Waals surface area contributed by atoms with Gasteiger partial charge < -0.3 is 9.59 Å². The van der Waals surface area contributed by atoms with E-state index in [1.54, 1.807) is 0 Å². The summed E-state index contributed by atoms with van der Waals surface area (Å²) in [6.07, 6.45) is 0.186. The molecule has 0 aromatic rings. The van der Waals surface area contributed by atoms with E-state index in [-0.39, 0.29) is 17.2 Å². The van der Waals surface area contributed by atoms with Crippen LogP contribution in [0.15, 0.2) is 0 Å². The third kappa shape index (κ3) is 4.52. The van der Waals surface area contributed by atoms with Gasteiger partial charge in [0.05, 0.1) is 6.42 Å². The molecule has 0 aliphatic heterocycles. The number of hydrogen-bond donors (Lipinski definition) is 0. The van der Waals surface area contributed by atoms with Crippen molar-refractivity contribution < 1.29 is 9.59 Å². The molecular formula is C9H20O2Si2. The van der Waals surface area contributed by atoms with Crippen LogP contribution in [0.3, 0.4) is 0 Å². The van der Waals surface area contributed by atoms with Gasteiger partial charge >= 0.3 is 0 Å². The van der Waals surface area contributed by atoms with E-state index in [4.69, 9.17) is 0 Å². The summed E-state index contributed by atoms with van der Waals surface area (Å²) in [7, 11) is -3.48. The van der Waals surface area contributed by atoms with Crippen molar-refractivity contribution in [2.75, 3.05) is 0 Å². The minimum absolute atomic E-state index is 0.186. The third-order valence-electron chi connectivity index (χ3n) is 1.99. The Morgan fingerprint density at radius 1 is 0.769 bits per heavy atom. The van der Waals surface area contributed by atoms with Crippen LogP contribution < -0.4 is 0 Å². The largest absolute Gasteiger partial charge is 0.305 e. The minimum atomic E-state index is -1.74. The van der Waals surface area contributed by atoms with Crippen LogP contribution in [0.1, 0.15) is 6.42 Å². The monoisotopic (exact) mass is 216 g/mol. The zero-order chi connectivity index (χ0) is 10.9. The molecule has 0 atom stereocenters. The van der Waals surface area contributed by atoms with Crippen LogP contribution in [-0.4, -0.2) is 27.0 Å². The van der Waals surface area contributed by atoms with Crippen LogP contribution >= 0.6 is 0 Å². The Kier molecular flexibility index (Phi) is 3.81. The standard InChI is InChI=1S/C9H20O2Si2/c1-12(2,3)8(10)7-9(11)13(4,5)6/h7H2,1-6H3. The van der Waals surface area contributed by atoms with Gasteiger partial charge in [-0.2, -0.15) is 0 Å². The van der Waals surface area contributed by atoms with Crippen LogP contribution in [0.25, 0.3) is 0 Å². The molecule has 0 fully saturated rings. The van der Waals surface area contributed by atoms with Gasteiger partial charge in [0.2, 0.25) is 0 Å². The molecule has 0 aromatic carbocycles. The predicted molar refractivity (Wildman–Crippen MR) is 61.3 cm³/mol. The number of carbonyl (C=O) groups excluding carboxylic acids is 2. The molecule has 0 spiro atoms. The molecule has 0 saturated heterocycles. The average molecular weight is 216 g/mol. The highest BCUT2D eigenvalue weighted by Gasteiger charge is 2.31. The van der Waals surface area contributed by atoms with Crippen LogP contribution in [-0.2, 0) is 9.59 Å². The molecule has 2 nitrogen and oxygen atoms in total. The maximum Gasteiger partial charge on any atom is 0.124 e. The maximum atomic E-state index is 11.6. The van der Waals surface area contributed by atoms with E-state index in [1.807, 2.05) is 39.3 Å². The van der Waals surface area contributed by atoms with Gasteiger partial charge in [0.1, 0.15) is 27.0 Å². The molecule has 0 unspecified atom stereocenters. The van der Waals surface area contributed by atoms with Gasteiger partial charge in [-0.25, -0.2) is 0 Å². The molecule has 0 rings (SSSR count). The van der Waals surface area contributed by atoms with Gasteiger partial charge in [-0.3, -0.25) is 0 Å². The molecule has 0 amide bonds. The molecule has 0 saturated carbocycles. The van der Waals surface area contributed by atoms with E-state index in [0.29, 0.717) is 0 Å². The van der Waals surface area contributed by atoms with E-state index in [1.165, 1.54) is 0 Å². The van der Waals surface area contributed by atoms with E-state index < -0.39 is 16.1 Å². The Morgan fingerprint density at radius 3 is 1.15 bits per heavy atom. The Morgan fingerprint density at radius 2 is 1.00 bits per heavy atom. The van der Waals surface area contributed by atoms with Gasteiger partial charge in [0.15, 0.2) is 0 Å². The lowest BCUT2D eigenvalue weighted by Gasteiger charge is -2.18. The van der Waals surface area contributed by atoms with Crippen molar-refractivity contribution in [1.82, 2.24) is 0 Å². The first kappa shape index (κ1) is 12.8. The summed E-state index contributed by atoms with van der Waals surface area (Å²) < 4.78 is 0. The molecule has 13 heavy (non-hydrogen) atoms. The van der Waals surface area contributed by atoms with Gasteiger partial charge in [-0.1, -0.05) is 39.3 Å². The van der Waals surface area contributed by atoms with Crippen molar-refractivity contribution in [3.8, 4) is 0 Å². The summed E-state index contributed by atoms with van der Waals surface area (Å²) in [5.41, 5.74) is 0. The number of rotatable bonds is 4. The minimum Gasteiger partial charge on any atom is -0.305 e. The second kappa shape index (κ2) is 3.88. The first-order valence-corrected chi connectivity index (χ1v) is 11.6. The van der Waals surface area contributed by atoms with Crippen molar-refractivity contribution in [2.45, 2.75) is 45.7 Å². The van der Waals surface area contributed by atoms with E-state index >= 15 is 0 Å². The predicted octanol–water partition coefficient (Wildman–Crippen LogP) is 2.27. The smallest absolute Gasteiger partial charge is 0.124 e. The maximum absolute atomic E-state index is 11.6. The molecule has 0 aliphatic rings. The molecule has 0 aromatic heterocycles. The zero-order valence-electron chi connectivity index (χ0n) is 9.52. The van der Waals surface area contributed by atoms with E-state index in [2.05, 4.69) is 0 Å². The van der Waals surface area contributed by atoms with Crippen LogP contribution in [0.5, 0.6) is 0 Å². The normalized spacial score (nSPS) is 12.8. The summed E-state index contributed by atoms with van der Waals surface area (Å²) in [5, 5.41) is 0.389. The van der Waals surface area contributed by atoms with Gasteiger partial charge in [-0.05, 0) is 0 Å². The molecule has 0 N–H and O–H groups in total. The van der Waals surface area contributed by atoms with Gasteiger partial charge in [-0.15, -0.1) is 0 Å². The molecule has 0 bridgehead atoms. The lowest BCUT2D eigenvalue weighted by atomic mass is 10.5. The zero-order valence-corrected chi connectivity index (χ0v) is 11.5. The fourth-order valence-electron chi connectivity index (χ4n) is 0.676. The highest BCUT2D eigenvalue weighted by molar-refractivity contribution is 7.08. The van der Waals surface area contributed by atoms with Crippen molar-refractivity contribution in [1.29, 1.82) is 0 Å². The Bertz CT molecular complexity index is 197. The molecule has 0 heterocycles. The lowest BCUT2D eigenvalue weighted by molar-refractivity contribution is -0.119. The quantitative estimate of drug-likeness (QED) is 0.534. The first-order valence-electron chi connectivity index (χ1n) is 4.62. The summed E-state index contributed by atoms with van der Waals surface area (Å²) in [5.74, 6) is 0. The van der Waals surface area contributed by atoms with Crippen molar-refractivity contribution in [2.24, 2.45) is 0 Å². The second-order valence-electron chi connectivity index (χ2n) is 5.52. The third-order valence-corrected chi connectivity index (χ3v) is 5.69. The Hall–Kier alpha value is -0.226. The van der Waals surface area contributed by atoms with E-state index in [0.717, 1.165) is 0 Å². The van der Waals surface area contributed by atoms with Crippen molar-refractivity contribution in [3.63, 3.8) is 0 Å². The van der Waals surface area contributed by atoms with Crippen LogP contribution in [0.2, 0.25) is 39.3 Å². The number of carbonyl (C=O) groups is 2. The molecule has 76 valence electrons. The lowest BCUT2D eigenvalue weighted by Crippen LogP contribution is -2.41. The number of hydrogen-bond acceptors (Lipinski definition) is 2. The molecule has 0 radical (unpaired) electrons. The fraction of sp³-hybridized carbons (Fsp3) is 0.778. The van der Waals surface area contributed by atoms with Crippen molar-refractivity contribution in [3.05, 3.63) is 0 Å². The summed E-state index contributed by atoms with van der Waals surface area (Å²) in [4.78, 5) is 23.2. The van der Waals surface area contributed by atoms with Gasteiger partial charge in [0, 0.05) is 0 Å². The summed E-state index contributed by atoms with van der Waals surface area (Å²) in [6, 6.07) is 0. The highest BCUT2D eigenvalue weighted by Crippen LogP contribution is 2.11. The fourth-order valence-corrected chi connectivity index (χ4v) is 2.23.